The molecule has 2 heterocycles. The maximum Gasteiger partial charge on any atom is 0.234 e. The van der Waals surface area contributed by atoms with Gasteiger partial charge in [0.25, 0.3) is 0 Å². The zero-order valence-corrected chi connectivity index (χ0v) is 18.2. The Morgan fingerprint density at radius 1 is 1.28 bits per heavy atom. The zero-order valence-electron chi connectivity index (χ0n) is 18.2. The highest BCUT2D eigenvalue weighted by Gasteiger charge is 2.26. The highest BCUT2D eigenvalue weighted by molar-refractivity contribution is 5.91. The van der Waals surface area contributed by atoms with E-state index in [0.717, 1.165) is 29.7 Å². The quantitative estimate of drug-likeness (QED) is 0.508. The van der Waals surface area contributed by atoms with Gasteiger partial charge in [-0.1, -0.05) is 12.1 Å². The molecule has 9 nitrogen and oxygen atoms in total. The number of nitrogens with zero attached hydrogens (tertiary/aromatic N) is 5. The third-order valence-corrected chi connectivity index (χ3v) is 5.24. The van der Waals surface area contributed by atoms with Crippen LogP contribution >= 0.6 is 0 Å². The zero-order chi connectivity index (χ0) is 22.7. The number of nitriles is 1. The van der Waals surface area contributed by atoms with E-state index in [1.807, 2.05) is 43.3 Å². The van der Waals surface area contributed by atoms with E-state index in [1.165, 1.54) is 0 Å². The second kappa shape index (κ2) is 9.08. The van der Waals surface area contributed by atoms with Gasteiger partial charge >= 0.3 is 0 Å². The van der Waals surface area contributed by atoms with Crippen molar-refractivity contribution in [2.45, 2.75) is 12.5 Å². The molecule has 9 heteroatoms. The van der Waals surface area contributed by atoms with E-state index in [-0.39, 0.29) is 11.9 Å². The largest absolute Gasteiger partial charge is 0.399 e. The lowest BCUT2D eigenvalue weighted by Gasteiger charge is -2.21. The van der Waals surface area contributed by atoms with Gasteiger partial charge in [-0.3, -0.25) is 4.79 Å². The normalized spacial score (nSPS) is 15.7. The molecule has 164 valence electrons. The molecule has 2 aromatic carbocycles. The van der Waals surface area contributed by atoms with Crippen molar-refractivity contribution in [1.82, 2.24) is 20.2 Å². The molecule has 1 saturated heterocycles. The minimum Gasteiger partial charge on any atom is -0.399 e. The Hall–Kier alpha value is -3.90. The number of carbonyl (C=O) groups is 1. The molecule has 1 amide bonds. The van der Waals surface area contributed by atoms with Gasteiger partial charge in [-0.05, 0) is 50.8 Å². The van der Waals surface area contributed by atoms with Crippen LogP contribution in [0.4, 0.5) is 23.1 Å². The third-order valence-electron chi connectivity index (χ3n) is 5.24. The first-order chi connectivity index (χ1) is 15.4. The molecule has 4 N–H and O–H groups in total. The summed E-state index contributed by atoms with van der Waals surface area (Å²) in [7, 11) is 3.75. The number of nitrogens with one attached hydrogen (secondary N) is 2. The Kier molecular flexibility index (Phi) is 6.05. The fourth-order valence-electron chi connectivity index (χ4n) is 3.91. The van der Waals surface area contributed by atoms with E-state index in [1.54, 1.807) is 18.2 Å². The number of nitrogens with two attached hydrogens (primary N) is 1. The van der Waals surface area contributed by atoms with Gasteiger partial charge in [0, 0.05) is 35.9 Å². The molecular formula is C23H26N8O. The van der Waals surface area contributed by atoms with Crippen LogP contribution in [0.15, 0.2) is 42.5 Å². The smallest absolute Gasteiger partial charge is 0.234 e. The van der Waals surface area contributed by atoms with Crippen LogP contribution in [0.3, 0.4) is 0 Å². The number of rotatable bonds is 6. The molecule has 0 saturated carbocycles. The molecule has 1 aliphatic heterocycles. The van der Waals surface area contributed by atoms with Crippen LogP contribution in [0, 0.1) is 11.3 Å². The van der Waals surface area contributed by atoms with Crippen molar-refractivity contribution in [2.75, 3.05) is 49.7 Å². The summed E-state index contributed by atoms with van der Waals surface area (Å²) < 4.78 is 0. The van der Waals surface area contributed by atoms with Gasteiger partial charge in [-0.2, -0.15) is 10.2 Å². The average Bonchev–Trinajstić information content (AvgIpc) is 3.20. The summed E-state index contributed by atoms with van der Waals surface area (Å²) in [5.41, 5.74) is 8.33. The standard InChI is InChI=1S/C23H26N8O/c1-30(2)14-21(32)26-17-7-8-31(13-17)22-19-5-3-4-6-20(19)28-23(29-22)27-18-10-15(12-24)9-16(25)11-18/h3-6,9-11,17H,7-8,13-14,25H2,1-2H3,(H,26,32)(H,27,28,29). The van der Waals surface area contributed by atoms with Gasteiger partial charge in [-0.25, -0.2) is 4.98 Å². The van der Waals surface area contributed by atoms with Crippen molar-refractivity contribution in [1.29, 1.82) is 5.26 Å². The molecule has 32 heavy (non-hydrogen) atoms. The molecule has 3 aromatic rings. The number of hydrogen-bond donors (Lipinski definition) is 3. The van der Waals surface area contributed by atoms with E-state index in [0.29, 0.717) is 36.0 Å². The minimum absolute atomic E-state index is 0.0201. The maximum atomic E-state index is 12.2. The number of likely N-dealkylation sites (N-methyl/N-ethyl adjacent to an activating group) is 1. The molecule has 1 aliphatic rings. The van der Waals surface area contributed by atoms with Crippen molar-refractivity contribution in [2.24, 2.45) is 0 Å². The van der Waals surface area contributed by atoms with Gasteiger partial charge in [0.1, 0.15) is 5.82 Å². The van der Waals surface area contributed by atoms with Crippen molar-refractivity contribution in [3.8, 4) is 6.07 Å². The van der Waals surface area contributed by atoms with Crippen molar-refractivity contribution in [3.05, 3.63) is 48.0 Å². The third kappa shape index (κ3) is 4.87. The first kappa shape index (κ1) is 21.3. The number of carbonyl (C=O) groups excluding carboxylic acids is 1. The summed E-state index contributed by atoms with van der Waals surface area (Å²) in [6, 6.07) is 15.1. The topological polar surface area (TPSA) is 123 Å². The molecule has 1 aromatic heterocycles. The Bertz CT molecular complexity index is 1190. The number of fused-ring (bicyclic) bond motifs is 1. The molecule has 0 bridgehead atoms. The van der Waals surface area contributed by atoms with E-state index >= 15 is 0 Å². The van der Waals surface area contributed by atoms with Crippen LogP contribution in [-0.2, 0) is 4.79 Å². The van der Waals surface area contributed by atoms with Crippen LogP contribution < -0.4 is 21.3 Å². The first-order valence-corrected chi connectivity index (χ1v) is 10.4. The number of aromatic nitrogens is 2. The number of amides is 1. The summed E-state index contributed by atoms with van der Waals surface area (Å²) in [5, 5.41) is 16.5. The Morgan fingerprint density at radius 2 is 2.09 bits per heavy atom. The Labute approximate surface area is 186 Å². The fraction of sp³-hybridized carbons (Fsp3) is 0.304. The predicted molar refractivity (Wildman–Crippen MR) is 126 cm³/mol. The molecule has 4 rings (SSSR count). The number of para-hydroxylation sites is 1. The summed E-state index contributed by atoms with van der Waals surface area (Å²) in [6.07, 6.45) is 0.848. The van der Waals surface area contributed by atoms with Gasteiger partial charge in [0.15, 0.2) is 0 Å². The van der Waals surface area contributed by atoms with E-state index in [2.05, 4.69) is 26.6 Å². The highest BCUT2D eigenvalue weighted by atomic mass is 16.2. The van der Waals surface area contributed by atoms with Crippen LogP contribution in [0.25, 0.3) is 10.9 Å². The van der Waals surface area contributed by atoms with Gasteiger partial charge in [0.05, 0.1) is 23.7 Å². The highest BCUT2D eigenvalue weighted by Crippen LogP contribution is 2.29. The first-order valence-electron chi connectivity index (χ1n) is 10.4. The van der Waals surface area contributed by atoms with E-state index < -0.39 is 0 Å². The summed E-state index contributed by atoms with van der Waals surface area (Å²) in [4.78, 5) is 25.6. The second-order valence-electron chi connectivity index (χ2n) is 8.21. The number of hydrogen-bond acceptors (Lipinski definition) is 8. The maximum absolute atomic E-state index is 12.2. The summed E-state index contributed by atoms with van der Waals surface area (Å²) in [6.45, 7) is 1.83. The second-order valence-corrected chi connectivity index (χ2v) is 8.21. The fourth-order valence-corrected chi connectivity index (χ4v) is 3.91. The molecule has 1 atom stereocenters. The van der Waals surface area contributed by atoms with Crippen LogP contribution in [-0.4, -0.2) is 60.5 Å². The van der Waals surface area contributed by atoms with Gasteiger partial charge < -0.3 is 26.2 Å². The van der Waals surface area contributed by atoms with Crippen molar-refractivity contribution in [3.63, 3.8) is 0 Å². The van der Waals surface area contributed by atoms with Crippen molar-refractivity contribution < 1.29 is 4.79 Å². The van der Waals surface area contributed by atoms with Crippen molar-refractivity contribution >= 4 is 40.0 Å². The lowest BCUT2D eigenvalue weighted by Crippen LogP contribution is -2.41. The monoisotopic (exact) mass is 430 g/mol. The molecule has 0 aliphatic carbocycles. The predicted octanol–water partition coefficient (Wildman–Crippen LogP) is 2.08. The van der Waals surface area contributed by atoms with Gasteiger partial charge in [-0.15, -0.1) is 0 Å². The molecular weight excluding hydrogens is 404 g/mol. The SMILES string of the molecule is CN(C)CC(=O)NC1CCN(c2nc(Nc3cc(N)cc(C#N)c3)nc3ccccc23)C1. The van der Waals surface area contributed by atoms with Crippen LogP contribution in [0.1, 0.15) is 12.0 Å². The van der Waals surface area contributed by atoms with E-state index in [4.69, 9.17) is 10.7 Å². The Balaban J connectivity index is 1.60. The Morgan fingerprint density at radius 3 is 2.88 bits per heavy atom. The van der Waals surface area contributed by atoms with Gasteiger partial charge in [0.2, 0.25) is 11.9 Å². The number of anilines is 4. The molecule has 1 unspecified atom stereocenters. The summed E-state index contributed by atoms with van der Waals surface area (Å²) >= 11 is 0. The molecule has 0 radical (unpaired) electrons. The van der Waals surface area contributed by atoms with Crippen LogP contribution in [0.2, 0.25) is 0 Å². The van der Waals surface area contributed by atoms with Crippen LogP contribution in [0.5, 0.6) is 0 Å². The number of nitrogen functional groups attached to an aromatic ring is 1. The lowest BCUT2D eigenvalue weighted by atomic mass is 10.2. The average molecular weight is 431 g/mol. The molecule has 1 fully saturated rings. The lowest BCUT2D eigenvalue weighted by molar-refractivity contribution is -0.122. The summed E-state index contributed by atoms with van der Waals surface area (Å²) in [5.74, 6) is 1.26. The van der Waals surface area contributed by atoms with E-state index in [9.17, 15) is 10.1 Å². The number of benzene rings is 2. The minimum atomic E-state index is 0.0201. The molecule has 0 spiro atoms.